The Morgan fingerprint density at radius 3 is 2.67 bits per heavy atom. The lowest BCUT2D eigenvalue weighted by atomic mass is 10.2. The summed E-state index contributed by atoms with van der Waals surface area (Å²) in [4.78, 5) is 10.3. The summed E-state index contributed by atoms with van der Waals surface area (Å²) in [5, 5.41) is 10.3. The van der Waals surface area contributed by atoms with Crippen LogP contribution in [-0.2, 0) is 11.2 Å². The molecule has 0 aliphatic carbocycles. The first-order chi connectivity index (χ1) is 5.59. The summed E-state index contributed by atoms with van der Waals surface area (Å²) in [7, 11) is 0. The van der Waals surface area contributed by atoms with Crippen molar-refractivity contribution in [3.8, 4) is 0 Å². The lowest BCUT2D eigenvalue weighted by molar-refractivity contribution is -0.304. The number of rotatable bonds is 2. The molecule has 0 atom stereocenters. The summed E-state index contributed by atoms with van der Waals surface area (Å²) >= 11 is 6.50. The van der Waals surface area contributed by atoms with E-state index in [0.29, 0.717) is 5.56 Å². The van der Waals surface area contributed by atoms with E-state index in [4.69, 9.17) is 0 Å². The topological polar surface area (TPSA) is 40.1 Å². The molecule has 0 aliphatic rings. The Hall–Kier alpha value is -0.350. The van der Waals surface area contributed by atoms with Gasteiger partial charge in [0.1, 0.15) is 0 Å². The quantitative estimate of drug-likeness (QED) is 0.829. The zero-order chi connectivity index (χ0) is 9.14. The fourth-order valence-corrected chi connectivity index (χ4v) is 1.63. The molecule has 1 aromatic carbocycles. The highest BCUT2D eigenvalue weighted by Crippen LogP contribution is 2.21. The molecule has 2 nitrogen and oxygen atoms in total. The molecule has 0 saturated carbocycles. The molecule has 0 radical (unpaired) electrons. The van der Waals surface area contributed by atoms with E-state index in [1.165, 1.54) is 0 Å². The Morgan fingerprint density at radius 2 is 2.08 bits per heavy atom. The van der Waals surface area contributed by atoms with E-state index in [1.54, 1.807) is 12.1 Å². The summed E-state index contributed by atoms with van der Waals surface area (Å²) in [6.07, 6.45) is -0.0694. The van der Waals surface area contributed by atoms with E-state index < -0.39 is 5.97 Å². The zero-order valence-electron chi connectivity index (χ0n) is 6.01. The largest absolute Gasteiger partial charge is 0.550 e. The van der Waals surface area contributed by atoms with Gasteiger partial charge in [0.2, 0.25) is 0 Å². The van der Waals surface area contributed by atoms with E-state index in [1.807, 2.05) is 6.07 Å². The van der Waals surface area contributed by atoms with Gasteiger partial charge in [-0.2, -0.15) is 0 Å². The SMILES string of the molecule is O=C([O-])Cc1cc(Br)ccc1Br. The molecule has 0 N–H and O–H groups in total. The minimum atomic E-state index is -1.08. The second-order valence-corrected chi connectivity index (χ2v) is 4.05. The van der Waals surface area contributed by atoms with Crippen LogP contribution in [0.25, 0.3) is 0 Å². The second kappa shape index (κ2) is 4.05. The number of carbonyl (C=O) groups excluding carboxylic acids is 1. The van der Waals surface area contributed by atoms with Crippen LogP contribution >= 0.6 is 31.9 Å². The van der Waals surface area contributed by atoms with Crippen LogP contribution in [0, 0.1) is 0 Å². The molecular formula is C8H5Br2O2-. The van der Waals surface area contributed by atoms with Gasteiger partial charge < -0.3 is 9.90 Å². The first-order valence-electron chi connectivity index (χ1n) is 3.23. The highest BCUT2D eigenvalue weighted by Gasteiger charge is 2.00. The maximum Gasteiger partial charge on any atom is 0.0458 e. The van der Waals surface area contributed by atoms with Gasteiger partial charge in [0.05, 0.1) is 0 Å². The third-order valence-electron chi connectivity index (χ3n) is 1.34. The van der Waals surface area contributed by atoms with E-state index in [-0.39, 0.29) is 6.42 Å². The number of halogens is 2. The van der Waals surface area contributed by atoms with Gasteiger partial charge in [0, 0.05) is 21.3 Å². The van der Waals surface area contributed by atoms with Crippen molar-refractivity contribution in [1.82, 2.24) is 0 Å². The number of hydrogen-bond donors (Lipinski definition) is 0. The van der Waals surface area contributed by atoms with Gasteiger partial charge in [-0.3, -0.25) is 0 Å². The van der Waals surface area contributed by atoms with Crippen molar-refractivity contribution in [2.75, 3.05) is 0 Å². The van der Waals surface area contributed by atoms with Crippen molar-refractivity contribution >= 4 is 37.8 Å². The molecule has 64 valence electrons. The summed E-state index contributed by atoms with van der Waals surface area (Å²) in [5.41, 5.74) is 0.712. The van der Waals surface area contributed by atoms with Crippen molar-refractivity contribution in [2.24, 2.45) is 0 Å². The smallest absolute Gasteiger partial charge is 0.0458 e. The van der Waals surface area contributed by atoms with E-state index >= 15 is 0 Å². The van der Waals surface area contributed by atoms with Crippen molar-refractivity contribution in [3.63, 3.8) is 0 Å². The summed E-state index contributed by atoms with van der Waals surface area (Å²) in [6.45, 7) is 0. The number of hydrogen-bond acceptors (Lipinski definition) is 2. The number of benzene rings is 1. The summed E-state index contributed by atoms with van der Waals surface area (Å²) in [6, 6.07) is 5.38. The number of carbonyl (C=O) groups is 1. The Morgan fingerprint density at radius 1 is 1.42 bits per heavy atom. The van der Waals surface area contributed by atoms with Gasteiger partial charge in [0.25, 0.3) is 0 Å². The number of aliphatic carboxylic acids is 1. The number of carboxylic acid groups (broad SMARTS) is 1. The van der Waals surface area contributed by atoms with Crippen LogP contribution in [-0.4, -0.2) is 5.97 Å². The van der Waals surface area contributed by atoms with Crippen LogP contribution in [0.4, 0.5) is 0 Å². The Kier molecular flexibility index (Phi) is 3.29. The molecule has 0 saturated heterocycles. The highest BCUT2D eigenvalue weighted by molar-refractivity contribution is 9.11. The van der Waals surface area contributed by atoms with E-state index in [9.17, 15) is 9.90 Å². The third-order valence-corrected chi connectivity index (χ3v) is 2.61. The standard InChI is InChI=1S/C8H6Br2O2/c9-6-1-2-7(10)5(3-6)4-8(11)12/h1-3H,4H2,(H,11,12)/p-1. The molecule has 4 heteroatoms. The van der Waals surface area contributed by atoms with Crippen LogP contribution in [0.3, 0.4) is 0 Å². The highest BCUT2D eigenvalue weighted by atomic mass is 79.9. The molecule has 1 rings (SSSR count). The molecule has 0 spiro atoms. The normalized spacial score (nSPS) is 9.83. The monoisotopic (exact) mass is 291 g/mol. The predicted molar refractivity (Wildman–Crippen MR) is 50.6 cm³/mol. The molecule has 0 aliphatic heterocycles. The molecule has 0 heterocycles. The Balaban J connectivity index is 2.97. The first kappa shape index (κ1) is 9.74. The van der Waals surface area contributed by atoms with E-state index in [0.717, 1.165) is 8.95 Å². The van der Waals surface area contributed by atoms with Crippen LogP contribution in [0.15, 0.2) is 27.1 Å². The lowest BCUT2D eigenvalue weighted by Crippen LogP contribution is -2.24. The van der Waals surface area contributed by atoms with Crippen LogP contribution in [0.1, 0.15) is 5.56 Å². The van der Waals surface area contributed by atoms with Gasteiger partial charge in [-0.1, -0.05) is 31.9 Å². The van der Waals surface area contributed by atoms with Gasteiger partial charge >= 0.3 is 0 Å². The molecule has 1 aromatic rings. The predicted octanol–water partition coefficient (Wildman–Crippen LogP) is 1.50. The zero-order valence-corrected chi connectivity index (χ0v) is 9.18. The molecule has 0 fully saturated rings. The second-order valence-electron chi connectivity index (χ2n) is 2.28. The third kappa shape index (κ3) is 2.60. The van der Waals surface area contributed by atoms with Crippen molar-refractivity contribution in [3.05, 3.63) is 32.7 Å². The first-order valence-corrected chi connectivity index (χ1v) is 4.82. The molecular weight excluding hydrogens is 288 g/mol. The Labute approximate surface area is 86.9 Å². The summed E-state index contributed by atoms with van der Waals surface area (Å²) in [5.74, 6) is -1.08. The maximum atomic E-state index is 10.3. The lowest BCUT2D eigenvalue weighted by Gasteiger charge is -2.05. The molecule has 0 bridgehead atoms. The molecule has 0 amide bonds. The Bertz CT molecular complexity index is 310. The molecule has 0 aromatic heterocycles. The fraction of sp³-hybridized carbons (Fsp3) is 0.125. The molecule has 12 heavy (non-hydrogen) atoms. The average molecular weight is 293 g/mol. The minimum absolute atomic E-state index is 0.0694. The van der Waals surface area contributed by atoms with Gasteiger partial charge in [0.15, 0.2) is 0 Å². The van der Waals surface area contributed by atoms with E-state index in [2.05, 4.69) is 31.9 Å². The van der Waals surface area contributed by atoms with Crippen LogP contribution < -0.4 is 5.11 Å². The van der Waals surface area contributed by atoms with Crippen molar-refractivity contribution in [1.29, 1.82) is 0 Å². The van der Waals surface area contributed by atoms with Crippen LogP contribution in [0.5, 0.6) is 0 Å². The van der Waals surface area contributed by atoms with Crippen molar-refractivity contribution < 1.29 is 9.90 Å². The summed E-state index contributed by atoms with van der Waals surface area (Å²) < 4.78 is 1.65. The van der Waals surface area contributed by atoms with Gasteiger partial charge in [-0.25, -0.2) is 0 Å². The maximum absolute atomic E-state index is 10.3. The van der Waals surface area contributed by atoms with Crippen molar-refractivity contribution in [2.45, 2.75) is 6.42 Å². The van der Waals surface area contributed by atoms with Gasteiger partial charge in [-0.15, -0.1) is 0 Å². The van der Waals surface area contributed by atoms with Crippen LogP contribution in [0.2, 0.25) is 0 Å². The fourth-order valence-electron chi connectivity index (χ4n) is 0.834. The average Bonchev–Trinajstić information content (AvgIpc) is 1.96. The minimum Gasteiger partial charge on any atom is -0.550 e. The molecule has 0 unspecified atom stereocenters. The number of carboxylic acids is 1. The van der Waals surface area contributed by atoms with Gasteiger partial charge in [-0.05, 0) is 23.8 Å².